The molecule has 1 heterocycles. The Morgan fingerprint density at radius 2 is 1.45 bits per heavy atom. The summed E-state index contributed by atoms with van der Waals surface area (Å²) < 4.78 is 41.6. The van der Waals surface area contributed by atoms with Crippen molar-refractivity contribution >= 4 is 11.9 Å². The monoisotopic (exact) mass is 463 g/mol. The average Bonchev–Trinajstić information content (AvgIpc) is 2.74. The topological polar surface area (TPSA) is 106 Å². The first-order valence-corrected chi connectivity index (χ1v) is 9.47. The van der Waals surface area contributed by atoms with E-state index >= 15 is 0 Å². The molecule has 0 saturated carbocycles. The molecule has 3 rings (SSSR count). The van der Waals surface area contributed by atoms with Crippen molar-refractivity contribution in [2.24, 2.45) is 0 Å². The zero-order valence-electron chi connectivity index (χ0n) is 17.4. The van der Waals surface area contributed by atoms with Gasteiger partial charge in [-0.25, -0.2) is 9.59 Å². The van der Waals surface area contributed by atoms with Crippen LogP contribution in [-0.2, 0) is 13.2 Å². The van der Waals surface area contributed by atoms with Crippen LogP contribution in [0.2, 0.25) is 0 Å². The van der Waals surface area contributed by atoms with Gasteiger partial charge in [-0.15, -0.1) is 0 Å². The van der Waals surface area contributed by atoms with Crippen LogP contribution in [0.4, 0.5) is 13.2 Å². The zero-order valence-corrected chi connectivity index (χ0v) is 17.4. The quantitative estimate of drug-likeness (QED) is 0.562. The first kappa shape index (κ1) is 25.2. The van der Waals surface area contributed by atoms with E-state index in [4.69, 9.17) is 14.9 Å². The Kier molecular flexibility index (Phi) is 8.38. The molecule has 33 heavy (non-hydrogen) atoms. The summed E-state index contributed by atoms with van der Waals surface area (Å²) >= 11 is 0. The van der Waals surface area contributed by atoms with Crippen LogP contribution in [0.3, 0.4) is 0 Å². The smallest absolute Gasteiger partial charge is 0.406 e. The number of nitrogens with zero attached hydrogens (tertiary/aromatic N) is 1. The molecule has 0 unspecified atom stereocenters. The minimum atomic E-state index is -4.24. The maximum Gasteiger partial charge on any atom is 0.406 e. The van der Waals surface area contributed by atoms with Crippen molar-refractivity contribution in [2.45, 2.75) is 26.3 Å². The van der Waals surface area contributed by atoms with Crippen molar-refractivity contribution in [1.29, 1.82) is 0 Å². The van der Waals surface area contributed by atoms with Gasteiger partial charge in [-0.2, -0.15) is 13.2 Å². The molecule has 174 valence electrons. The van der Waals surface area contributed by atoms with Crippen LogP contribution < -0.4 is 10.2 Å². The van der Waals surface area contributed by atoms with Crippen LogP contribution in [0.25, 0.3) is 0 Å². The lowest BCUT2D eigenvalue weighted by Gasteiger charge is -2.11. The molecule has 0 saturated heterocycles. The SMILES string of the molecule is Cc1c(C(=O)O)cc(OCc2ccccc2)cc1C(=O)O.O=c1ccn(CC(F)(F)F)cc1. The zero-order chi connectivity index (χ0) is 24.6. The Morgan fingerprint density at radius 1 is 0.939 bits per heavy atom. The van der Waals surface area contributed by atoms with Crippen LogP contribution in [-0.4, -0.2) is 32.9 Å². The maximum atomic E-state index is 11.7. The Balaban J connectivity index is 0.000000273. The summed E-state index contributed by atoms with van der Waals surface area (Å²) in [5, 5.41) is 18.3. The Labute approximate surface area is 186 Å². The van der Waals surface area contributed by atoms with Gasteiger partial charge in [-0.3, -0.25) is 4.79 Å². The van der Waals surface area contributed by atoms with E-state index in [1.54, 1.807) is 0 Å². The molecule has 0 aliphatic heterocycles. The van der Waals surface area contributed by atoms with Crippen LogP contribution in [0.1, 0.15) is 31.8 Å². The fourth-order valence-corrected chi connectivity index (χ4v) is 2.71. The third-order valence-electron chi connectivity index (χ3n) is 4.31. The number of alkyl halides is 3. The van der Waals surface area contributed by atoms with Crippen molar-refractivity contribution in [3.05, 3.63) is 99.5 Å². The molecule has 1 aromatic heterocycles. The van der Waals surface area contributed by atoms with E-state index in [0.717, 1.165) is 34.7 Å². The van der Waals surface area contributed by atoms with Gasteiger partial charge in [0.05, 0.1) is 11.1 Å². The first-order chi connectivity index (χ1) is 15.5. The predicted octanol–water partition coefficient (Wildman–Crippen LogP) is 4.38. The standard InChI is InChI=1S/C16H14O5.C7H6F3NO/c1-10-13(15(17)18)7-12(8-14(10)16(19)20)21-9-11-5-3-2-4-6-11;8-7(9,10)5-11-3-1-6(12)2-4-11/h2-8H,9H2,1H3,(H,17,18)(H,19,20);1-4H,5H2. The van der Waals surface area contributed by atoms with Crippen molar-refractivity contribution in [3.63, 3.8) is 0 Å². The van der Waals surface area contributed by atoms with Crippen LogP contribution in [0.15, 0.2) is 71.8 Å². The van der Waals surface area contributed by atoms with E-state index in [2.05, 4.69) is 0 Å². The summed E-state index contributed by atoms with van der Waals surface area (Å²) in [6.07, 6.45) is -2.03. The molecular formula is C23H20F3NO6. The number of hydrogen-bond donors (Lipinski definition) is 2. The summed E-state index contributed by atoms with van der Waals surface area (Å²) in [5.74, 6) is -2.14. The minimum absolute atomic E-state index is 0.0713. The van der Waals surface area contributed by atoms with E-state index in [1.165, 1.54) is 19.1 Å². The molecule has 0 spiro atoms. The second kappa shape index (κ2) is 11.0. The van der Waals surface area contributed by atoms with Crippen molar-refractivity contribution in [1.82, 2.24) is 4.57 Å². The minimum Gasteiger partial charge on any atom is -0.489 e. The average molecular weight is 463 g/mol. The maximum absolute atomic E-state index is 11.7. The highest BCUT2D eigenvalue weighted by molar-refractivity contribution is 5.97. The lowest BCUT2D eigenvalue weighted by molar-refractivity contribution is -0.140. The van der Waals surface area contributed by atoms with Gasteiger partial charge in [0, 0.05) is 24.5 Å². The summed E-state index contributed by atoms with van der Waals surface area (Å²) in [6.45, 7) is 0.642. The highest BCUT2D eigenvalue weighted by atomic mass is 19.4. The largest absolute Gasteiger partial charge is 0.489 e. The molecule has 0 radical (unpaired) electrons. The molecule has 0 fully saturated rings. The number of hydrogen-bond acceptors (Lipinski definition) is 4. The molecule has 0 bridgehead atoms. The fraction of sp³-hybridized carbons (Fsp3) is 0.174. The highest BCUT2D eigenvalue weighted by Gasteiger charge is 2.27. The number of aromatic nitrogens is 1. The third-order valence-corrected chi connectivity index (χ3v) is 4.31. The number of halogens is 3. The van der Waals surface area contributed by atoms with E-state index in [9.17, 15) is 27.6 Å². The van der Waals surface area contributed by atoms with Crippen LogP contribution >= 0.6 is 0 Å². The Morgan fingerprint density at radius 3 is 1.91 bits per heavy atom. The van der Waals surface area contributed by atoms with Crippen molar-refractivity contribution < 1.29 is 37.7 Å². The predicted molar refractivity (Wildman–Crippen MR) is 113 cm³/mol. The lowest BCUT2D eigenvalue weighted by atomic mass is 10.0. The molecule has 0 aliphatic rings. The third kappa shape index (κ3) is 8.17. The second-order valence-corrected chi connectivity index (χ2v) is 6.85. The Bertz CT molecular complexity index is 1120. The van der Waals surface area contributed by atoms with Gasteiger partial charge in [0.2, 0.25) is 0 Å². The molecule has 2 N–H and O–H groups in total. The second-order valence-electron chi connectivity index (χ2n) is 6.85. The van der Waals surface area contributed by atoms with E-state index in [0.29, 0.717) is 0 Å². The Hall–Kier alpha value is -4.08. The number of benzene rings is 2. The number of carboxylic acid groups (broad SMARTS) is 2. The molecule has 0 amide bonds. The number of pyridine rings is 1. The van der Waals surface area contributed by atoms with Gasteiger partial charge in [-0.05, 0) is 30.2 Å². The molecule has 0 atom stereocenters. The van der Waals surface area contributed by atoms with Crippen molar-refractivity contribution in [3.8, 4) is 5.75 Å². The lowest BCUT2D eigenvalue weighted by Crippen LogP contribution is -2.18. The van der Waals surface area contributed by atoms with E-state index < -0.39 is 24.7 Å². The molecule has 0 aliphatic carbocycles. The molecular weight excluding hydrogens is 443 g/mol. The molecule has 3 aromatic rings. The molecule has 2 aromatic carbocycles. The normalized spacial score (nSPS) is 10.7. The van der Waals surface area contributed by atoms with Gasteiger partial charge in [0.15, 0.2) is 5.43 Å². The fourth-order valence-electron chi connectivity index (χ4n) is 2.71. The number of ether oxygens (including phenoxy) is 1. The van der Waals surface area contributed by atoms with Crippen molar-refractivity contribution in [2.75, 3.05) is 0 Å². The van der Waals surface area contributed by atoms with Crippen LogP contribution in [0, 0.1) is 6.92 Å². The summed E-state index contributed by atoms with van der Waals surface area (Å²) in [7, 11) is 0. The van der Waals surface area contributed by atoms with E-state index in [1.807, 2.05) is 30.3 Å². The number of carbonyl (C=O) groups is 2. The van der Waals surface area contributed by atoms with Gasteiger partial charge < -0.3 is 19.5 Å². The highest BCUT2D eigenvalue weighted by Crippen LogP contribution is 2.23. The van der Waals surface area contributed by atoms with Gasteiger partial charge in [0.25, 0.3) is 0 Å². The van der Waals surface area contributed by atoms with Gasteiger partial charge in [-0.1, -0.05) is 30.3 Å². The summed E-state index contributed by atoms with van der Waals surface area (Å²) in [4.78, 5) is 32.8. The first-order valence-electron chi connectivity index (χ1n) is 9.47. The van der Waals surface area contributed by atoms with E-state index in [-0.39, 0.29) is 34.5 Å². The summed E-state index contributed by atoms with van der Waals surface area (Å²) in [5.41, 5.74) is 0.679. The number of aromatic carboxylic acids is 2. The van der Waals surface area contributed by atoms with Gasteiger partial charge in [0.1, 0.15) is 18.9 Å². The number of rotatable bonds is 6. The molecule has 7 nitrogen and oxygen atoms in total. The molecule has 10 heteroatoms. The van der Waals surface area contributed by atoms with Gasteiger partial charge >= 0.3 is 18.1 Å². The number of carboxylic acids is 2. The summed E-state index contributed by atoms with van der Waals surface area (Å²) in [6, 6.07) is 14.2. The van der Waals surface area contributed by atoms with Crippen LogP contribution in [0.5, 0.6) is 5.75 Å².